The molecule has 0 spiro atoms. The lowest BCUT2D eigenvalue weighted by molar-refractivity contribution is -0.130. The topological polar surface area (TPSA) is 52.9 Å². The fourth-order valence-corrected chi connectivity index (χ4v) is 2.84. The van der Waals surface area contributed by atoms with Crippen molar-refractivity contribution in [3.63, 3.8) is 0 Å². The minimum absolute atomic E-state index is 0.224. The zero-order valence-corrected chi connectivity index (χ0v) is 12.6. The third kappa shape index (κ3) is 3.24. The molecule has 1 aromatic carbocycles. The van der Waals surface area contributed by atoms with Crippen LogP contribution in [0.2, 0.25) is 0 Å². The largest absolute Gasteiger partial charge is 0.348 e. The van der Waals surface area contributed by atoms with Gasteiger partial charge >= 0.3 is 0 Å². The van der Waals surface area contributed by atoms with Crippen LogP contribution in [0.4, 0.5) is 4.39 Å². The molecule has 1 atom stereocenters. The number of carbonyl (C=O) groups excluding carboxylic acids is 1. The van der Waals surface area contributed by atoms with Gasteiger partial charge in [0.25, 0.3) is 0 Å². The van der Waals surface area contributed by atoms with Crippen molar-refractivity contribution in [2.75, 3.05) is 0 Å². The predicted octanol–water partition coefficient (Wildman–Crippen LogP) is 3.79. The normalized spacial score (nSPS) is 18.6. The van der Waals surface area contributed by atoms with E-state index in [0.717, 1.165) is 24.8 Å². The number of amides is 1. The van der Waals surface area contributed by atoms with Gasteiger partial charge in [0.15, 0.2) is 0 Å². The van der Waals surface area contributed by atoms with E-state index in [1.165, 1.54) is 6.07 Å². The maximum absolute atomic E-state index is 13.6. The third-order valence-corrected chi connectivity index (χ3v) is 4.40. The van der Waals surface area contributed by atoms with Crippen molar-refractivity contribution in [2.24, 2.45) is 5.41 Å². The van der Waals surface area contributed by atoms with Crippen molar-refractivity contribution in [3.8, 4) is 6.07 Å². The van der Waals surface area contributed by atoms with Crippen LogP contribution in [0.3, 0.4) is 0 Å². The van der Waals surface area contributed by atoms with Crippen molar-refractivity contribution in [3.05, 3.63) is 35.1 Å². The molecule has 3 nitrogen and oxygen atoms in total. The monoisotopic (exact) mass is 288 g/mol. The fourth-order valence-electron chi connectivity index (χ4n) is 2.84. The summed E-state index contributed by atoms with van der Waals surface area (Å²) in [5.41, 5.74) is 0.392. The van der Waals surface area contributed by atoms with Crippen molar-refractivity contribution in [1.29, 1.82) is 5.26 Å². The first-order chi connectivity index (χ1) is 9.98. The summed E-state index contributed by atoms with van der Waals surface area (Å²) in [7, 11) is 0. The molecule has 0 aliphatic heterocycles. The second kappa shape index (κ2) is 6.26. The number of nitriles is 1. The number of aryl methyl sites for hydroxylation is 1. The molecule has 0 heterocycles. The average molecular weight is 288 g/mol. The van der Waals surface area contributed by atoms with Gasteiger partial charge in [0.1, 0.15) is 11.2 Å². The van der Waals surface area contributed by atoms with Crippen molar-refractivity contribution in [2.45, 2.75) is 52.0 Å². The molecule has 1 aromatic rings. The Morgan fingerprint density at radius 3 is 2.62 bits per heavy atom. The number of nitrogens with zero attached hydrogens (tertiary/aromatic N) is 1. The Balaban J connectivity index is 2.11. The first-order valence-electron chi connectivity index (χ1n) is 7.47. The summed E-state index contributed by atoms with van der Waals surface area (Å²) in [6.07, 6.45) is 4.13. The molecule has 0 saturated heterocycles. The molecule has 1 amide bonds. The number of rotatable bonds is 3. The summed E-state index contributed by atoms with van der Waals surface area (Å²) in [5, 5.41) is 12.3. The molecule has 112 valence electrons. The van der Waals surface area contributed by atoms with E-state index in [9.17, 15) is 14.4 Å². The van der Waals surface area contributed by atoms with E-state index in [0.29, 0.717) is 18.4 Å². The van der Waals surface area contributed by atoms with Crippen LogP contribution in [0.1, 0.15) is 56.2 Å². The molecular formula is C17H21FN2O. The zero-order chi connectivity index (χ0) is 15.5. The SMILES string of the molecule is Cc1ccc(C(C)NC(=O)C2(C#N)CCCCC2)cc1F. The van der Waals surface area contributed by atoms with E-state index < -0.39 is 5.41 Å². The Morgan fingerprint density at radius 2 is 2.05 bits per heavy atom. The highest BCUT2D eigenvalue weighted by Gasteiger charge is 2.40. The quantitative estimate of drug-likeness (QED) is 0.920. The Morgan fingerprint density at radius 1 is 1.38 bits per heavy atom. The molecule has 1 aliphatic rings. The van der Waals surface area contributed by atoms with Crippen molar-refractivity contribution in [1.82, 2.24) is 5.32 Å². The van der Waals surface area contributed by atoms with Crippen LogP contribution in [0.15, 0.2) is 18.2 Å². The number of benzene rings is 1. The molecule has 1 saturated carbocycles. The van der Waals surface area contributed by atoms with Crippen molar-refractivity contribution < 1.29 is 9.18 Å². The minimum Gasteiger partial charge on any atom is -0.348 e. The second-order valence-electron chi connectivity index (χ2n) is 5.96. The lowest BCUT2D eigenvalue weighted by Crippen LogP contribution is -2.42. The Labute approximate surface area is 125 Å². The van der Waals surface area contributed by atoms with Gasteiger partial charge in [-0.3, -0.25) is 4.79 Å². The van der Waals surface area contributed by atoms with Crippen LogP contribution < -0.4 is 5.32 Å². The van der Waals surface area contributed by atoms with Gasteiger partial charge in [-0.1, -0.05) is 31.4 Å². The Bertz CT molecular complexity index is 571. The van der Waals surface area contributed by atoms with E-state index in [-0.39, 0.29) is 17.8 Å². The van der Waals surface area contributed by atoms with E-state index in [4.69, 9.17) is 0 Å². The smallest absolute Gasteiger partial charge is 0.240 e. The molecule has 21 heavy (non-hydrogen) atoms. The van der Waals surface area contributed by atoms with E-state index in [1.807, 2.05) is 13.0 Å². The van der Waals surface area contributed by atoms with Gasteiger partial charge in [0.05, 0.1) is 12.1 Å². The molecule has 4 heteroatoms. The molecule has 1 aliphatic carbocycles. The zero-order valence-electron chi connectivity index (χ0n) is 12.6. The maximum Gasteiger partial charge on any atom is 0.240 e. The summed E-state index contributed by atoms with van der Waals surface area (Å²) >= 11 is 0. The first kappa shape index (κ1) is 15.5. The number of hydrogen-bond donors (Lipinski definition) is 1. The molecule has 1 N–H and O–H groups in total. The lowest BCUT2D eigenvalue weighted by Gasteiger charge is -2.30. The maximum atomic E-state index is 13.6. The standard InChI is InChI=1S/C17H21FN2O/c1-12-6-7-14(10-15(12)18)13(2)20-16(21)17(11-19)8-4-3-5-9-17/h6-7,10,13H,3-5,8-9H2,1-2H3,(H,20,21). The fraction of sp³-hybridized carbons (Fsp3) is 0.529. The van der Waals surface area contributed by atoms with Gasteiger partial charge in [0, 0.05) is 0 Å². The predicted molar refractivity (Wildman–Crippen MR) is 78.8 cm³/mol. The molecule has 2 rings (SSSR count). The second-order valence-corrected chi connectivity index (χ2v) is 5.96. The van der Waals surface area contributed by atoms with Gasteiger partial charge in [0.2, 0.25) is 5.91 Å². The third-order valence-electron chi connectivity index (χ3n) is 4.40. The van der Waals surface area contributed by atoms with Crippen LogP contribution in [0.25, 0.3) is 0 Å². The van der Waals surface area contributed by atoms with Crippen LogP contribution >= 0.6 is 0 Å². The summed E-state index contributed by atoms with van der Waals surface area (Å²) in [6, 6.07) is 6.86. The molecule has 1 fully saturated rings. The van der Waals surface area contributed by atoms with E-state index in [1.54, 1.807) is 13.0 Å². The number of nitrogens with one attached hydrogen (secondary N) is 1. The summed E-state index contributed by atoms with van der Waals surface area (Å²) in [6.45, 7) is 3.52. The number of halogens is 1. The van der Waals surface area contributed by atoms with E-state index in [2.05, 4.69) is 11.4 Å². The van der Waals surface area contributed by atoms with Crippen LogP contribution in [0.5, 0.6) is 0 Å². The van der Waals surface area contributed by atoms with E-state index >= 15 is 0 Å². The summed E-state index contributed by atoms with van der Waals surface area (Å²) in [4.78, 5) is 12.5. The highest BCUT2D eigenvalue weighted by Crippen LogP contribution is 2.36. The van der Waals surface area contributed by atoms with Crippen LogP contribution in [0, 0.1) is 29.5 Å². The molecular weight excluding hydrogens is 267 g/mol. The van der Waals surface area contributed by atoms with Crippen LogP contribution in [-0.2, 0) is 4.79 Å². The molecule has 0 radical (unpaired) electrons. The molecule has 0 bridgehead atoms. The van der Waals surface area contributed by atoms with Gasteiger partial charge in [-0.25, -0.2) is 4.39 Å². The molecule has 0 aromatic heterocycles. The summed E-state index contributed by atoms with van der Waals surface area (Å²) < 4.78 is 13.6. The molecule has 1 unspecified atom stereocenters. The van der Waals surface area contributed by atoms with Gasteiger partial charge in [-0.15, -0.1) is 0 Å². The summed E-state index contributed by atoms with van der Waals surface area (Å²) in [5.74, 6) is -0.501. The number of carbonyl (C=O) groups is 1. The average Bonchev–Trinajstić information content (AvgIpc) is 2.50. The Hall–Kier alpha value is -1.89. The van der Waals surface area contributed by atoms with Crippen molar-refractivity contribution >= 4 is 5.91 Å². The number of hydrogen-bond acceptors (Lipinski definition) is 2. The van der Waals surface area contributed by atoms with Gasteiger partial charge in [-0.05, 0) is 43.9 Å². The Kier molecular flexibility index (Phi) is 4.62. The van der Waals surface area contributed by atoms with Crippen LogP contribution in [-0.4, -0.2) is 5.91 Å². The first-order valence-corrected chi connectivity index (χ1v) is 7.47. The van der Waals surface area contributed by atoms with Gasteiger partial charge in [-0.2, -0.15) is 5.26 Å². The lowest BCUT2D eigenvalue weighted by atomic mass is 9.74. The highest BCUT2D eigenvalue weighted by atomic mass is 19.1. The highest BCUT2D eigenvalue weighted by molar-refractivity contribution is 5.85. The van der Waals surface area contributed by atoms with Gasteiger partial charge < -0.3 is 5.32 Å². The minimum atomic E-state index is -0.907.